The molecule has 1 atom stereocenters. The molecule has 0 amide bonds. The third-order valence-corrected chi connectivity index (χ3v) is 3.18. The number of hydrogen-bond donors (Lipinski definition) is 1. The van der Waals surface area contributed by atoms with Crippen LogP contribution < -0.4 is 5.32 Å². The van der Waals surface area contributed by atoms with E-state index in [4.69, 9.17) is 11.6 Å². The standard InChI is InChI=1S/C14H17ClN2/c1-2-12(7-9-15)17-14-13-6-4-3-5-11(13)8-10-16-14/h3-6,8,10,12H,2,7,9H2,1H3,(H,16,17). The predicted octanol–water partition coefficient (Wildman–Crippen LogP) is 4.05. The van der Waals surface area contributed by atoms with E-state index in [2.05, 4.69) is 29.4 Å². The Morgan fingerprint density at radius 3 is 2.88 bits per heavy atom. The zero-order valence-electron chi connectivity index (χ0n) is 9.99. The molecule has 90 valence electrons. The van der Waals surface area contributed by atoms with Gasteiger partial charge in [-0.1, -0.05) is 31.2 Å². The second-order valence-corrected chi connectivity index (χ2v) is 4.49. The van der Waals surface area contributed by atoms with Crippen LogP contribution in [0.15, 0.2) is 36.5 Å². The van der Waals surface area contributed by atoms with Crippen LogP contribution in [0.1, 0.15) is 19.8 Å². The molecule has 0 spiro atoms. The van der Waals surface area contributed by atoms with E-state index in [9.17, 15) is 0 Å². The number of hydrogen-bond acceptors (Lipinski definition) is 2. The van der Waals surface area contributed by atoms with Gasteiger partial charge in [-0.3, -0.25) is 0 Å². The molecule has 1 heterocycles. The number of pyridine rings is 1. The average Bonchev–Trinajstić information content (AvgIpc) is 2.38. The van der Waals surface area contributed by atoms with E-state index in [0.717, 1.165) is 18.7 Å². The summed E-state index contributed by atoms with van der Waals surface area (Å²) in [4.78, 5) is 4.42. The first kappa shape index (κ1) is 12.2. The van der Waals surface area contributed by atoms with Gasteiger partial charge in [0.15, 0.2) is 0 Å². The number of nitrogens with one attached hydrogen (secondary N) is 1. The third-order valence-electron chi connectivity index (χ3n) is 2.96. The quantitative estimate of drug-likeness (QED) is 0.808. The zero-order valence-corrected chi connectivity index (χ0v) is 10.7. The Hall–Kier alpha value is -1.28. The fraction of sp³-hybridized carbons (Fsp3) is 0.357. The Bertz CT molecular complexity index is 479. The molecule has 0 aliphatic rings. The molecule has 2 aromatic rings. The van der Waals surface area contributed by atoms with Gasteiger partial charge in [0, 0.05) is 23.5 Å². The SMILES string of the molecule is CCC(CCCl)Nc1nccc2ccccc12. The van der Waals surface area contributed by atoms with Crippen molar-refractivity contribution in [3.63, 3.8) is 0 Å². The zero-order chi connectivity index (χ0) is 12.1. The van der Waals surface area contributed by atoms with E-state index in [1.807, 2.05) is 24.4 Å². The van der Waals surface area contributed by atoms with Gasteiger partial charge in [0.25, 0.3) is 0 Å². The highest BCUT2D eigenvalue weighted by atomic mass is 35.5. The van der Waals surface area contributed by atoms with Crippen molar-refractivity contribution in [1.29, 1.82) is 0 Å². The van der Waals surface area contributed by atoms with Gasteiger partial charge in [-0.05, 0) is 24.3 Å². The monoisotopic (exact) mass is 248 g/mol. The molecule has 0 aliphatic carbocycles. The lowest BCUT2D eigenvalue weighted by Crippen LogP contribution is -2.19. The Morgan fingerprint density at radius 2 is 2.12 bits per heavy atom. The molecular formula is C14H17ClN2. The molecule has 0 saturated heterocycles. The molecule has 1 unspecified atom stereocenters. The summed E-state index contributed by atoms with van der Waals surface area (Å²) in [6.45, 7) is 2.16. The van der Waals surface area contributed by atoms with Gasteiger partial charge in [0.1, 0.15) is 5.82 Å². The first-order chi connectivity index (χ1) is 8.35. The molecule has 0 bridgehead atoms. The molecule has 1 N–H and O–H groups in total. The van der Waals surface area contributed by atoms with Crippen LogP contribution in [-0.2, 0) is 0 Å². The molecule has 0 aliphatic heterocycles. The van der Waals surface area contributed by atoms with Crippen molar-refractivity contribution in [1.82, 2.24) is 4.98 Å². The van der Waals surface area contributed by atoms with Crippen molar-refractivity contribution in [3.05, 3.63) is 36.5 Å². The summed E-state index contributed by atoms with van der Waals surface area (Å²) in [6, 6.07) is 10.7. The first-order valence-electron chi connectivity index (χ1n) is 6.01. The summed E-state index contributed by atoms with van der Waals surface area (Å²) in [5.74, 6) is 1.64. The summed E-state index contributed by atoms with van der Waals surface area (Å²) >= 11 is 5.80. The van der Waals surface area contributed by atoms with Crippen molar-refractivity contribution >= 4 is 28.2 Å². The maximum Gasteiger partial charge on any atom is 0.134 e. The number of halogens is 1. The second kappa shape index (κ2) is 5.87. The highest BCUT2D eigenvalue weighted by Gasteiger charge is 2.08. The Labute approximate surface area is 107 Å². The third kappa shape index (κ3) is 2.89. The van der Waals surface area contributed by atoms with Crippen molar-refractivity contribution in [3.8, 4) is 0 Å². The maximum atomic E-state index is 5.80. The summed E-state index contributed by atoms with van der Waals surface area (Å²) in [6.07, 6.45) is 3.86. The van der Waals surface area contributed by atoms with Gasteiger partial charge < -0.3 is 5.32 Å². The van der Waals surface area contributed by atoms with Crippen LogP contribution in [0.2, 0.25) is 0 Å². The molecule has 17 heavy (non-hydrogen) atoms. The predicted molar refractivity (Wildman–Crippen MR) is 74.8 cm³/mol. The van der Waals surface area contributed by atoms with Crippen LogP contribution in [0.4, 0.5) is 5.82 Å². The number of aromatic nitrogens is 1. The van der Waals surface area contributed by atoms with Crippen molar-refractivity contribution in [2.75, 3.05) is 11.2 Å². The van der Waals surface area contributed by atoms with Gasteiger partial charge in [0.2, 0.25) is 0 Å². The van der Waals surface area contributed by atoms with E-state index in [-0.39, 0.29) is 0 Å². The van der Waals surface area contributed by atoms with Crippen LogP contribution in [0.5, 0.6) is 0 Å². The minimum Gasteiger partial charge on any atom is -0.367 e. The minimum atomic E-state index is 0.394. The average molecular weight is 249 g/mol. The molecule has 0 saturated carbocycles. The van der Waals surface area contributed by atoms with Crippen LogP contribution in [0.3, 0.4) is 0 Å². The van der Waals surface area contributed by atoms with Gasteiger partial charge in [-0.25, -0.2) is 4.98 Å². The van der Waals surface area contributed by atoms with Gasteiger partial charge in [-0.15, -0.1) is 11.6 Å². The smallest absolute Gasteiger partial charge is 0.134 e. The van der Waals surface area contributed by atoms with Crippen LogP contribution in [0.25, 0.3) is 10.8 Å². The Balaban J connectivity index is 2.28. The fourth-order valence-corrected chi connectivity index (χ4v) is 2.20. The maximum absolute atomic E-state index is 5.80. The molecule has 1 aromatic heterocycles. The molecule has 2 nitrogen and oxygen atoms in total. The normalized spacial score (nSPS) is 12.6. The van der Waals surface area contributed by atoms with E-state index >= 15 is 0 Å². The second-order valence-electron chi connectivity index (χ2n) is 4.11. The van der Waals surface area contributed by atoms with E-state index < -0.39 is 0 Å². The number of rotatable bonds is 5. The topological polar surface area (TPSA) is 24.9 Å². The summed E-state index contributed by atoms with van der Waals surface area (Å²) in [5.41, 5.74) is 0. The summed E-state index contributed by atoms with van der Waals surface area (Å²) in [7, 11) is 0. The Kier molecular flexibility index (Phi) is 4.21. The number of nitrogens with zero attached hydrogens (tertiary/aromatic N) is 1. The van der Waals surface area contributed by atoms with Crippen molar-refractivity contribution < 1.29 is 0 Å². The molecule has 3 heteroatoms. The largest absolute Gasteiger partial charge is 0.367 e. The van der Waals surface area contributed by atoms with E-state index in [0.29, 0.717) is 11.9 Å². The van der Waals surface area contributed by atoms with Crippen molar-refractivity contribution in [2.45, 2.75) is 25.8 Å². The molecular weight excluding hydrogens is 232 g/mol. The Morgan fingerprint density at radius 1 is 1.29 bits per heavy atom. The summed E-state index contributed by atoms with van der Waals surface area (Å²) in [5, 5.41) is 5.86. The lowest BCUT2D eigenvalue weighted by Gasteiger charge is -2.17. The number of fused-ring (bicyclic) bond motifs is 1. The fourth-order valence-electron chi connectivity index (χ4n) is 1.94. The number of benzene rings is 1. The van der Waals surface area contributed by atoms with Crippen LogP contribution >= 0.6 is 11.6 Å². The molecule has 0 radical (unpaired) electrons. The lowest BCUT2D eigenvalue weighted by atomic mass is 10.1. The molecule has 0 fully saturated rings. The van der Waals surface area contributed by atoms with E-state index in [1.165, 1.54) is 10.8 Å². The van der Waals surface area contributed by atoms with Crippen LogP contribution in [0, 0.1) is 0 Å². The minimum absolute atomic E-state index is 0.394. The number of alkyl halides is 1. The molecule has 2 rings (SSSR count). The van der Waals surface area contributed by atoms with E-state index in [1.54, 1.807) is 0 Å². The van der Waals surface area contributed by atoms with Gasteiger partial charge in [0.05, 0.1) is 0 Å². The highest BCUT2D eigenvalue weighted by Crippen LogP contribution is 2.22. The first-order valence-corrected chi connectivity index (χ1v) is 6.55. The van der Waals surface area contributed by atoms with Crippen LogP contribution in [-0.4, -0.2) is 16.9 Å². The summed E-state index contributed by atoms with van der Waals surface area (Å²) < 4.78 is 0. The number of anilines is 1. The van der Waals surface area contributed by atoms with Gasteiger partial charge in [-0.2, -0.15) is 0 Å². The molecule has 1 aromatic carbocycles. The lowest BCUT2D eigenvalue weighted by molar-refractivity contribution is 0.673. The van der Waals surface area contributed by atoms with Gasteiger partial charge >= 0.3 is 0 Å². The highest BCUT2D eigenvalue weighted by molar-refractivity contribution is 6.17. The van der Waals surface area contributed by atoms with Crippen molar-refractivity contribution in [2.24, 2.45) is 0 Å².